The SMILES string of the molecule is CC(=O)O[C@H]1C(=O)[C@@]2(C)C([C@H](O)[C@]3(O)C[C@H](OC(=O)[C@H](O)[C@@H](NC(=O)c4ccccc4)c4ccccc4)C(C)=C1C3(C)C)[C@]1(OC(C)=O)CO[C@@H]1C[C@@H]2O. The van der Waals surface area contributed by atoms with Gasteiger partial charge in [-0.3, -0.25) is 19.2 Å². The normalized spacial score (nSPS) is 35.0. The molecule has 2 aromatic rings. The number of ketones is 1. The Morgan fingerprint density at radius 2 is 1.54 bits per heavy atom. The first kappa shape index (κ1) is 39.2. The highest BCUT2D eigenvalue weighted by Crippen LogP contribution is 2.63. The average Bonchev–Trinajstić information content (AvgIpc) is 3.12. The molecule has 4 aliphatic rings. The van der Waals surface area contributed by atoms with E-state index < -0.39 is 107 Å². The van der Waals surface area contributed by atoms with Crippen molar-refractivity contribution < 1.29 is 63.3 Å². The second kappa shape index (κ2) is 14.0. The number of fused-ring (bicyclic) bond motifs is 5. The van der Waals surface area contributed by atoms with Crippen molar-refractivity contribution in [3.05, 3.63) is 82.9 Å². The lowest BCUT2D eigenvalue weighted by Crippen LogP contribution is -2.81. The fourth-order valence-corrected chi connectivity index (χ4v) is 9.30. The molecule has 5 N–H and O–H groups in total. The van der Waals surface area contributed by atoms with E-state index in [9.17, 15) is 44.4 Å². The van der Waals surface area contributed by atoms with Gasteiger partial charge in [0.2, 0.25) is 0 Å². The quantitative estimate of drug-likeness (QED) is 0.148. The molecule has 54 heavy (non-hydrogen) atoms. The lowest BCUT2D eigenvalue weighted by Gasteiger charge is -2.67. The van der Waals surface area contributed by atoms with Gasteiger partial charge in [-0.05, 0) is 42.7 Å². The summed E-state index contributed by atoms with van der Waals surface area (Å²) in [6.45, 7) is 7.99. The first-order valence-corrected chi connectivity index (χ1v) is 17.9. The minimum Gasteiger partial charge on any atom is -0.456 e. The van der Waals surface area contributed by atoms with Crippen LogP contribution in [0, 0.1) is 16.7 Å². The van der Waals surface area contributed by atoms with Crippen LogP contribution in [0.4, 0.5) is 0 Å². The van der Waals surface area contributed by atoms with Gasteiger partial charge in [-0.1, -0.05) is 62.4 Å². The molecule has 1 amide bonds. The molecular formula is C40H47NO13. The molecule has 14 heteroatoms. The van der Waals surface area contributed by atoms with Gasteiger partial charge in [-0.2, -0.15) is 0 Å². The second-order valence-electron chi connectivity index (χ2n) is 15.6. The highest BCUT2D eigenvalue weighted by Gasteiger charge is 2.77. The predicted octanol–water partition coefficient (Wildman–Crippen LogP) is 1.87. The Morgan fingerprint density at radius 3 is 2.09 bits per heavy atom. The van der Waals surface area contributed by atoms with Gasteiger partial charge >= 0.3 is 17.9 Å². The van der Waals surface area contributed by atoms with Crippen LogP contribution in [0.1, 0.15) is 76.3 Å². The van der Waals surface area contributed by atoms with E-state index >= 15 is 0 Å². The first-order valence-electron chi connectivity index (χ1n) is 17.9. The number of amides is 1. The molecule has 6 rings (SSSR count). The summed E-state index contributed by atoms with van der Waals surface area (Å²) in [4.78, 5) is 67.4. The zero-order chi connectivity index (χ0) is 39.5. The Labute approximate surface area is 312 Å². The molecular weight excluding hydrogens is 702 g/mol. The number of esters is 3. The molecule has 0 aromatic heterocycles. The van der Waals surface area contributed by atoms with Crippen LogP contribution in [0.2, 0.25) is 0 Å². The van der Waals surface area contributed by atoms with Gasteiger partial charge in [0.1, 0.15) is 17.8 Å². The average molecular weight is 750 g/mol. The molecule has 3 fully saturated rings. The number of rotatable bonds is 8. The van der Waals surface area contributed by atoms with E-state index in [4.69, 9.17) is 18.9 Å². The van der Waals surface area contributed by atoms with Gasteiger partial charge in [0.05, 0.1) is 30.3 Å². The monoisotopic (exact) mass is 749 g/mol. The van der Waals surface area contributed by atoms with E-state index in [0.29, 0.717) is 5.56 Å². The third-order valence-corrected chi connectivity index (χ3v) is 12.3. The lowest BCUT2D eigenvalue weighted by molar-refractivity contribution is -0.346. The van der Waals surface area contributed by atoms with Crippen molar-refractivity contribution in [1.29, 1.82) is 0 Å². The van der Waals surface area contributed by atoms with E-state index in [1.165, 1.54) is 13.8 Å². The van der Waals surface area contributed by atoms with Crippen molar-refractivity contribution in [3.63, 3.8) is 0 Å². The molecule has 2 bridgehead atoms. The third kappa shape index (κ3) is 6.04. The van der Waals surface area contributed by atoms with E-state index in [-0.39, 0.29) is 29.7 Å². The minimum atomic E-state index is -2.31. The van der Waals surface area contributed by atoms with E-state index in [1.54, 1.807) is 74.5 Å². The summed E-state index contributed by atoms with van der Waals surface area (Å²) >= 11 is 0. The van der Waals surface area contributed by atoms with Crippen molar-refractivity contribution in [3.8, 4) is 0 Å². The van der Waals surface area contributed by atoms with Gasteiger partial charge in [-0.25, -0.2) is 4.79 Å². The van der Waals surface area contributed by atoms with Crippen molar-refractivity contribution in [1.82, 2.24) is 5.32 Å². The predicted molar refractivity (Wildman–Crippen MR) is 188 cm³/mol. The highest BCUT2D eigenvalue weighted by molar-refractivity contribution is 5.96. The molecule has 2 saturated carbocycles. The number of hydrogen-bond acceptors (Lipinski definition) is 13. The number of aliphatic hydroxyl groups is 4. The first-order chi connectivity index (χ1) is 25.3. The highest BCUT2D eigenvalue weighted by atomic mass is 16.6. The van der Waals surface area contributed by atoms with Gasteiger partial charge in [0, 0.05) is 43.6 Å². The van der Waals surface area contributed by atoms with Crippen molar-refractivity contribution in [2.75, 3.05) is 6.61 Å². The molecule has 2 aromatic carbocycles. The summed E-state index contributed by atoms with van der Waals surface area (Å²) in [7, 11) is 0. The standard InChI is InChI=1S/C40H47NO13/c1-20-25(53-36(49)30(45)29(23-13-9-7-10-14-23)41-35(48)24-15-11-8-12-16-24)18-40(50)34(47)32-38(6,26(44)17-27-39(32,19-51-27)54-22(3)43)33(46)31(52-21(2)42)28(20)37(40,4)5/h7-16,25-27,29-32,34,44-45,47,50H,17-19H2,1-6H3,(H,41,48)/t25-,26-,27+,29-,30+,31+,32?,34-,38+,39-,40+/m0/s1. The van der Waals surface area contributed by atoms with Gasteiger partial charge in [0.15, 0.2) is 23.6 Å². The molecule has 1 unspecified atom stereocenters. The number of benzene rings is 2. The second-order valence-corrected chi connectivity index (χ2v) is 15.6. The maximum atomic E-state index is 15.0. The summed E-state index contributed by atoms with van der Waals surface area (Å²) < 4.78 is 23.2. The topological polar surface area (TPSA) is 215 Å². The number of ether oxygens (including phenoxy) is 4. The van der Waals surface area contributed by atoms with Crippen LogP contribution in [-0.2, 0) is 38.1 Å². The molecule has 1 heterocycles. The Bertz CT molecular complexity index is 1860. The van der Waals surface area contributed by atoms with Crippen LogP contribution < -0.4 is 5.32 Å². The molecule has 0 spiro atoms. The lowest BCUT2D eigenvalue weighted by atomic mass is 9.44. The Morgan fingerprint density at radius 1 is 0.926 bits per heavy atom. The molecule has 14 nitrogen and oxygen atoms in total. The molecule has 0 radical (unpaired) electrons. The Balaban J connectivity index is 1.44. The smallest absolute Gasteiger partial charge is 0.338 e. The number of Topliss-reactive ketones (excluding diaryl/α,β-unsaturated/α-hetero) is 1. The maximum absolute atomic E-state index is 15.0. The summed E-state index contributed by atoms with van der Waals surface area (Å²) in [6.07, 6.45) is -10.2. The zero-order valence-electron chi connectivity index (χ0n) is 31.0. The number of nitrogens with one attached hydrogen (secondary N) is 1. The fourth-order valence-electron chi connectivity index (χ4n) is 9.30. The van der Waals surface area contributed by atoms with Crippen LogP contribution in [-0.4, -0.2) is 104 Å². The van der Waals surface area contributed by atoms with Crippen LogP contribution in [0.15, 0.2) is 71.8 Å². The van der Waals surface area contributed by atoms with E-state index in [1.807, 2.05) is 0 Å². The van der Waals surface area contributed by atoms with Gasteiger partial charge in [0.25, 0.3) is 5.91 Å². The van der Waals surface area contributed by atoms with E-state index in [2.05, 4.69) is 5.32 Å². The van der Waals surface area contributed by atoms with Crippen molar-refractivity contribution >= 4 is 29.6 Å². The Kier molecular flexibility index (Phi) is 10.2. The fraction of sp³-hybridized carbons (Fsp3) is 0.525. The number of hydrogen-bond donors (Lipinski definition) is 5. The summed E-state index contributed by atoms with van der Waals surface area (Å²) in [5, 5.41) is 51.4. The number of carbonyl (C=O) groups is 5. The summed E-state index contributed by atoms with van der Waals surface area (Å²) in [5.41, 5.74) is -6.62. The maximum Gasteiger partial charge on any atom is 0.338 e. The number of carbonyl (C=O) groups excluding carboxylic acids is 5. The van der Waals surface area contributed by atoms with Gasteiger partial charge < -0.3 is 44.7 Å². The van der Waals surface area contributed by atoms with Crippen LogP contribution in [0.25, 0.3) is 0 Å². The summed E-state index contributed by atoms with van der Waals surface area (Å²) in [6, 6.07) is 15.2. The zero-order valence-corrected chi connectivity index (χ0v) is 31.0. The minimum absolute atomic E-state index is 0.0279. The number of aliphatic hydroxyl groups excluding tert-OH is 3. The van der Waals surface area contributed by atoms with Gasteiger partial charge in [-0.15, -0.1) is 0 Å². The summed E-state index contributed by atoms with van der Waals surface area (Å²) in [5.74, 6) is -5.71. The van der Waals surface area contributed by atoms with Crippen LogP contribution >= 0.6 is 0 Å². The van der Waals surface area contributed by atoms with Crippen LogP contribution in [0.5, 0.6) is 0 Å². The largest absolute Gasteiger partial charge is 0.456 e. The van der Waals surface area contributed by atoms with E-state index in [0.717, 1.165) is 13.8 Å². The molecule has 1 saturated heterocycles. The molecule has 1 aliphatic heterocycles. The van der Waals surface area contributed by atoms with Crippen molar-refractivity contribution in [2.24, 2.45) is 16.7 Å². The van der Waals surface area contributed by atoms with Crippen LogP contribution in [0.3, 0.4) is 0 Å². The molecule has 11 atom stereocenters. The Hall–Kier alpha value is -4.47. The molecule has 3 aliphatic carbocycles. The third-order valence-electron chi connectivity index (χ3n) is 12.3. The van der Waals surface area contributed by atoms with Crippen molar-refractivity contribution in [2.45, 2.75) is 108 Å². The molecule has 290 valence electrons.